The molecule has 108 valence electrons. The Hall–Kier alpha value is -1.88. The minimum atomic E-state index is 0.548. The highest BCUT2D eigenvalue weighted by molar-refractivity contribution is 5.89. The number of rotatable bonds is 6. The molecule has 0 amide bonds. The summed E-state index contributed by atoms with van der Waals surface area (Å²) in [6.45, 7) is 6.22. The number of para-hydroxylation sites is 1. The SMILES string of the molecule is CNc1nc(NCCN(C)C(C)C)c2ccccc2n1. The van der Waals surface area contributed by atoms with Gasteiger partial charge in [0.15, 0.2) is 0 Å². The smallest absolute Gasteiger partial charge is 0.224 e. The maximum Gasteiger partial charge on any atom is 0.224 e. The van der Waals surface area contributed by atoms with Gasteiger partial charge in [-0.05, 0) is 33.0 Å². The zero-order valence-corrected chi connectivity index (χ0v) is 12.6. The van der Waals surface area contributed by atoms with Gasteiger partial charge in [0.1, 0.15) is 5.82 Å². The molecule has 1 aromatic carbocycles. The Kier molecular flexibility index (Phi) is 4.74. The van der Waals surface area contributed by atoms with Gasteiger partial charge in [-0.2, -0.15) is 4.98 Å². The Morgan fingerprint density at radius 2 is 1.95 bits per heavy atom. The van der Waals surface area contributed by atoms with Crippen LogP contribution in [0.15, 0.2) is 24.3 Å². The molecule has 5 heteroatoms. The highest BCUT2D eigenvalue weighted by Crippen LogP contribution is 2.21. The molecule has 1 aromatic heterocycles. The lowest BCUT2D eigenvalue weighted by molar-refractivity contribution is 0.284. The van der Waals surface area contributed by atoms with Gasteiger partial charge in [-0.3, -0.25) is 0 Å². The molecule has 0 fully saturated rings. The van der Waals surface area contributed by atoms with E-state index in [4.69, 9.17) is 0 Å². The van der Waals surface area contributed by atoms with E-state index in [0.29, 0.717) is 12.0 Å². The topological polar surface area (TPSA) is 53.1 Å². The molecule has 0 bridgehead atoms. The van der Waals surface area contributed by atoms with Gasteiger partial charge in [0.2, 0.25) is 5.95 Å². The standard InChI is InChI=1S/C15H23N5/c1-11(2)20(4)10-9-17-14-12-7-5-6-8-13(12)18-15(16-3)19-14/h5-8,11H,9-10H2,1-4H3,(H2,16,17,18,19). The third-order valence-corrected chi connectivity index (χ3v) is 3.47. The Morgan fingerprint density at radius 3 is 2.65 bits per heavy atom. The maximum atomic E-state index is 4.51. The maximum absolute atomic E-state index is 4.51. The van der Waals surface area contributed by atoms with Crippen LogP contribution in [0.2, 0.25) is 0 Å². The van der Waals surface area contributed by atoms with Crippen LogP contribution in [-0.2, 0) is 0 Å². The van der Waals surface area contributed by atoms with Crippen LogP contribution in [0.4, 0.5) is 11.8 Å². The fourth-order valence-corrected chi connectivity index (χ4v) is 1.93. The van der Waals surface area contributed by atoms with Crippen molar-refractivity contribution < 1.29 is 0 Å². The van der Waals surface area contributed by atoms with Crippen molar-refractivity contribution in [3.05, 3.63) is 24.3 Å². The van der Waals surface area contributed by atoms with Gasteiger partial charge in [-0.15, -0.1) is 0 Å². The summed E-state index contributed by atoms with van der Waals surface area (Å²) in [5, 5.41) is 7.47. The van der Waals surface area contributed by atoms with E-state index in [2.05, 4.69) is 46.4 Å². The molecule has 0 radical (unpaired) electrons. The van der Waals surface area contributed by atoms with Crippen molar-refractivity contribution in [3.63, 3.8) is 0 Å². The first-order valence-corrected chi connectivity index (χ1v) is 7.00. The third kappa shape index (κ3) is 3.36. The lowest BCUT2D eigenvalue weighted by Crippen LogP contribution is -2.31. The van der Waals surface area contributed by atoms with Crippen LogP contribution >= 0.6 is 0 Å². The number of nitrogens with one attached hydrogen (secondary N) is 2. The second-order valence-electron chi connectivity index (χ2n) is 5.16. The molecule has 0 spiro atoms. The van der Waals surface area contributed by atoms with Crippen molar-refractivity contribution in [2.75, 3.05) is 37.8 Å². The van der Waals surface area contributed by atoms with Crippen LogP contribution in [0.5, 0.6) is 0 Å². The van der Waals surface area contributed by atoms with Crippen molar-refractivity contribution in [2.45, 2.75) is 19.9 Å². The molecule has 0 aliphatic carbocycles. The molecule has 20 heavy (non-hydrogen) atoms. The average molecular weight is 273 g/mol. The lowest BCUT2D eigenvalue weighted by atomic mass is 10.2. The Balaban J connectivity index is 2.16. The first kappa shape index (κ1) is 14.5. The van der Waals surface area contributed by atoms with Crippen LogP contribution in [0, 0.1) is 0 Å². The molecule has 2 rings (SSSR count). The first-order chi connectivity index (χ1) is 9.61. The van der Waals surface area contributed by atoms with Crippen molar-refractivity contribution in [2.24, 2.45) is 0 Å². The van der Waals surface area contributed by atoms with E-state index < -0.39 is 0 Å². The zero-order valence-electron chi connectivity index (χ0n) is 12.6. The average Bonchev–Trinajstić information content (AvgIpc) is 2.46. The van der Waals surface area contributed by atoms with Crippen LogP contribution in [-0.4, -0.2) is 48.1 Å². The number of hydrogen-bond donors (Lipinski definition) is 2. The summed E-state index contributed by atoms with van der Waals surface area (Å²) in [6, 6.07) is 8.60. The molecule has 0 aliphatic rings. The predicted molar refractivity (Wildman–Crippen MR) is 85.3 cm³/mol. The largest absolute Gasteiger partial charge is 0.368 e. The summed E-state index contributed by atoms with van der Waals surface area (Å²) in [5.74, 6) is 1.53. The lowest BCUT2D eigenvalue weighted by Gasteiger charge is -2.21. The molecule has 1 heterocycles. The van der Waals surface area contributed by atoms with Gasteiger partial charge < -0.3 is 15.5 Å². The molecule has 0 aliphatic heterocycles. The van der Waals surface area contributed by atoms with Gasteiger partial charge in [-0.1, -0.05) is 12.1 Å². The number of aromatic nitrogens is 2. The molecular weight excluding hydrogens is 250 g/mol. The quantitative estimate of drug-likeness (QED) is 0.846. The summed E-state index contributed by atoms with van der Waals surface area (Å²) in [4.78, 5) is 11.3. The van der Waals surface area contributed by atoms with Crippen molar-refractivity contribution in [1.82, 2.24) is 14.9 Å². The summed E-state index contributed by atoms with van der Waals surface area (Å²) in [7, 11) is 3.96. The van der Waals surface area contributed by atoms with E-state index in [1.165, 1.54) is 0 Å². The van der Waals surface area contributed by atoms with Crippen LogP contribution in [0.1, 0.15) is 13.8 Å². The molecule has 2 aromatic rings. The molecular formula is C15H23N5. The first-order valence-electron chi connectivity index (χ1n) is 7.00. The van der Waals surface area contributed by atoms with E-state index in [-0.39, 0.29) is 0 Å². The fourth-order valence-electron chi connectivity index (χ4n) is 1.93. The fraction of sp³-hybridized carbons (Fsp3) is 0.467. The van der Waals surface area contributed by atoms with E-state index in [1.807, 2.05) is 31.3 Å². The molecule has 0 saturated carbocycles. The third-order valence-electron chi connectivity index (χ3n) is 3.47. The molecule has 5 nitrogen and oxygen atoms in total. The second-order valence-corrected chi connectivity index (χ2v) is 5.16. The van der Waals surface area contributed by atoms with Crippen molar-refractivity contribution in [1.29, 1.82) is 0 Å². The van der Waals surface area contributed by atoms with Crippen LogP contribution < -0.4 is 10.6 Å². The summed E-state index contributed by atoms with van der Waals surface area (Å²) >= 11 is 0. The Bertz CT molecular complexity index is 567. The highest BCUT2D eigenvalue weighted by Gasteiger charge is 2.07. The zero-order chi connectivity index (χ0) is 14.5. The van der Waals surface area contributed by atoms with E-state index >= 15 is 0 Å². The molecule has 2 N–H and O–H groups in total. The highest BCUT2D eigenvalue weighted by atomic mass is 15.2. The second kappa shape index (κ2) is 6.52. The number of hydrogen-bond acceptors (Lipinski definition) is 5. The van der Waals surface area contributed by atoms with Gasteiger partial charge >= 0.3 is 0 Å². The number of benzene rings is 1. The summed E-state index contributed by atoms with van der Waals surface area (Å²) in [6.07, 6.45) is 0. The normalized spacial score (nSPS) is 11.3. The monoisotopic (exact) mass is 273 g/mol. The Morgan fingerprint density at radius 1 is 1.20 bits per heavy atom. The number of fused-ring (bicyclic) bond motifs is 1. The molecule has 0 saturated heterocycles. The van der Waals surface area contributed by atoms with Gasteiger partial charge in [0, 0.05) is 31.6 Å². The number of likely N-dealkylation sites (N-methyl/N-ethyl adjacent to an activating group) is 1. The van der Waals surface area contributed by atoms with Gasteiger partial charge in [-0.25, -0.2) is 4.98 Å². The van der Waals surface area contributed by atoms with Gasteiger partial charge in [0.05, 0.1) is 5.52 Å². The number of anilines is 2. The molecule has 0 unspecified atom stereocenters. The summed E-state index contributed by atoms with van der Waals surface area (Å²) in [5.41, 5.74) is 0.951. The Labute approximate surface area is 120 Å². The minimum Gasteiger partial charge on any atom is -0.368 e. The van der Waals surface area contributed by atoms with E-state index in [9.17, 15) is 0 Å². The van der Waals surface area contributed by atoms with Crippen molar-refractivity contribution >= 4 is 22.7 Å². The van der Waals surface area contributed by atoms with Crippen molar-refractivity contribution in [3.8, 4) is 0 Å². The van der Waals surface area contributed by atoms with Crippen LogP contribution in [0.3, 0.4) is 0 Å². The van der Waals surface area contributed by atoms with E-state index in [0.717, 1.165) is 29.8 Å². The molecule has 0 atom stereocenters. The summed E-state index contributed by atoms with van der Waals surface area (Å²) < 4.78 is 0. The van der Waals surface area contributed by atoms with Gasteiger partial charge in [0.25, 0.3) is 0 Å². The number of nitrogens with zero attached hydrogens (tertiary/aromatic N) is 3. The van der Waals surface area contributed by atoms with Crippen LogP contribution in [0.25, 0.3) is 10.9 Å². The van der Waals surface area contributed by atoms with E-state index in [1.54, 1.807) is 0 Å². The minimum absolute atomic E-state index is 0.548. The predicted octanol–water partition coefficient (Wildman–Crippen LogP) is 2.42.